The smallest absolute Gasteiger partial charge is 0.0660 e. The molecule has 0 aliphatic heterocycles. The number of aryl methyl sites for hydroxylation is 2. The highest BCUT2D eigenvalue weighted by atomic mass is 127. The van der Waals surface area contributed by atoms with Gasteiger partial charge in [0.2, 0.25) is 0 Å². The molecule has 1 atom stereocenters. The molecule has 1 aromatic carbocycles. The maximum Gasteiger partial charge on any atom is 0.0660 e. The number of thiophene rings is 1. The average molecular weight is 369 g/mol. The second-order valence-corrected chi connectivity index (χ2v) is 7.92. The van der Waals surface area contributed by atoms with Crippen molar-refractivity contribution in [3.63, 3.8) is 0 Å². The van der Waals surface area contributed by atoms with Crippen LogP contribution in [0.4, 0.5) is 5.69 Å². The molecule has 0 spiro atoms. The standard InChI is InChI=1S/C15H16INS/c1-10-4-2-5-11(8-10)17-13-6-3-7-14-12(13)9-15(16)18-14/h2,4-5,8-9,13,17H,3,6-7H2,1H3. The minimum Gasteiger partial charge on any atom is -0.378 e. The van der Waals surface area contributed by atoms with Gasteiger partial charge in [-0.25, -0.2) is 0 Å². The van der Waals surface area contributed by atoms with Gasteiger partial charge in [-0.1, -0.05) is 12.1 Å². The zero-order valence-corrected chi connectivity index (χ0v) is 13.3. The number of hydrogen-bond acceptors (Lipinski definition) is 2. The van der Waals surface area contributed by atoms with E-state index >= 15 is 0 Å². The van der Waals surface area contributed by atoms with Crippen molar-refractivity contribution < 1.29 is 0 Å². The van der Waals surface area contributed by atoms with Crippen molar-refractivity contribution in [1.82, 2.24) is 0 Å². The van der Waals surface area contributed by atoms with Crippen LogP contribution in [0.3, 0.4) is 0 Å². The molecule has 0 saturated heterocycles. The largest absolute Gasteiger partial charge is 0.378 e. The predicted molar refractivity (Wildman–Crippen MR) is 87.5 cm³/mol. The molecule has 1 nitrogen and oxygen atoms in total. The fourth-order valence-corrected chi connectivity index (χ4v) is 4.73. The maximum atomic E-state index is 3.69. The first kappa shape index (κ1) is 12.5. The summed E-state index contributed by atoms with van der Waals surface area (Å²) in [5.41, 5.74) is 4.09. The Morgan fingerprint density at radius 1 is 1.33 bits per heavy atom. The lowest BCUT2D eigenvalue weighted by Crippen LogP contribution is -2.15. The third-order valence-electron chi connectivity index (χ3n) is 3.44. The van der Waals surface area contributed by atoms with Gasteiger partial charge in [-0.15, -0.1) is 11.3 Å². The van der Waals surface area contributed by atoms with E-state index in [9.17, 15) is 0 Å². The van der Waals surface area contributed by atoms with E-state index in [1.807, 2.05) is 11.3 Å². The summed E-state index contributed by atoms with van der Waals surface area (Å²) in [6, 6.07) is 11.5. The predicted octanol–water partition coefficient (Wildman–Crippen LogP) is 5.15. The molecule has 1 aliphatic carbocycles. The fraction of sp³-hybridized carbons (Fsp3) is 0.333. The molecule has 1 aliphatic rings. The molecule has 1 heterocycles. The fourth-order valence-electron chi connectivity index (χ4n) is 2.61. The van der Waals surface area contributed by atoms with Gasteiger partial charge in [-0.3, -0.25) is 0 Å². The zero-order chi connectivity index (χ0) is 12.5. The molecular formula is C15H16INS. The first-order valence-electron chi connectivity index (χ1n) is 6.34. The summed E-state index contributed by atoms with van der Waals surface area (Å²) in [7, 11) is 0. The van der Waals surface area contributed by atoms with E-state index in [2.05, 4.69) is 65.2 Å². The molecule has 18 heavy (non-hydrogen) atoms. The number of benzene rings is 1. The summed E-state index contributed by atoms with van der Waals surface area (Å²) in [5.74, 6) is 0. The molecule has 0 fully saturated rings. The Balaban J connectivity index is 1.86. The van der Waals surface area contributed by atoms with Gasteiger partial charge in [-0.05, 0) is 78.1 Å². The van der Waals surface area contributed by atoms with Crippen LogP contribution in [-0.2, 0) is 6.42 Å². The Morgan fingerprint density at radius 3 is 3.06 bits per heavy atom. The van der Waals surface area contributed by atoms with Crippen LogP contribution in [0.1, 0.15) is 34.9 Å². The maximum absolute atomic E-state index is 3.69. The normalized spacial score (nSPS) is 18.4. The van der Waals surface area contributed by atoms with Crippen LogP contribution >= 0.6 is 33.9 Å². The lowest BCUT2D eigenvalue weighted by Gasteiger charge is -2.24. The third kappa shape index (κ3) is 2.57. The zero-order valence-electron chi connectivity index (χ0n) is 10.4. The molecule has 1 N–H and O–H groups in total. The van der Waals surface area contributed by atoms with Crippen LogP contribution in [0.15, 0.2) is 30.3 Å². The number of nitrogens with one attached hydrogen (secondary N) is 1. The minimum atomic E-state index is 0.496. The number of fused-ring (bicyclic) bond motifs is 1. The number of halogens is 1. The van der Waals surface area contributed by atoms with Gasteiger partial charge in [-0.2, -0.15) is 0 Å². The molecule has 94 valence electrons. The van der Waals surface area contributed by atoms with E-state index in [-0.39, 0.29) is 0 Å². The Kier molecular flexibility index (Phi) is 3.61. The molecule has 0 saturated carbocycles. The van der Waals surface area contributed by atoms with Crippen LogP contribution in [-0.4, -0.2) is 0 Å². The Bertz CT molecular complexity index is 561. The lowest BCUT2D eigenvalue weighted by atomic mass is 9.94. The van der Waals surface area contributed by atoms with E-state index in [0.29, 0.717) is 6.04 Å². The summed E-state index contributed by atoms with van der Waals surface area (Å²) in [5, 5.41) is 3.69. The van der Waals surface area contributed by atoms with Crippen molar-refractivity contribution in [3.05, 3.63) is 49.2 Å². The summed E-state index contributed by atoms with van der Waals surface area (Å²) < 4.78 is 1.41. The Morgan fingerprint density at radius 2 is 2.22 bits per heavy atom. The molecule has 1 aromatic heterocycles. The third-order valence-corrected chi connectivity index (χ3v) is 5.41. The molecule has 1 unspecified atom stereocenters. The van der Waals surface area contributed by atoms with Crippen LogP contribution < -0.4 is 5.32 Å². The first-order chi connectivity index (χ1) is 8.72. The molecule has 3 heteroatoms. The second kappa shape index (κ2) is 5.21. The van der Waals surface area contributed by atoms with Crippen molar-refractivity contribution in [2.45, 2.75) is 32.2 Å². The monoisotopic (exact) mass is 369 g/mol. The van der Waals surface area contributed by atoms with Crippen molar-refractivity contribution >= 4 is 39.6 Å². The summed E-state index contributed by atoms with van der Waals surface area (Å²) in [6.45, 7) is 2.14. The molecular weight excluding hydrogens is 353 g/mol. The van der Waals surface area contributed by atoms with E-state index in [1.165, 1.54) is 39.0 Å². The summed E-state index contributed by atoms with van der Waals surface area (Å²) in [6.07, 6.45) is 3.80. The number of rotatable bonds is 2. The number of hydrogen-bond donors (Lipinski definition) is 1. The Labute approximate surface area is 126 Å². The number of anilines is 1. The van der Waals surface area contributed by atoms with E-state index in [1.54, 1.807) is 4.88 Å². The Hall–Kier alpha value is -0.550. The van der Waals surface area contributed by atoms with Crippen LogP contribution in [0.25, 0.3) is 0 Å². The van der Waals surface area contributed by atoms with Crippen LogP contribution in [0.2, 0.25) is 0 Å². The highest BCUT2D eigenvalue weighted by molar-refractivity contribution is 14.1. The van der Waals surface area contributed by atoms with Crippen molar-refractivity contribution in [2.24, 2.45) is 0 Å². The highest BCUT2D eigenvalue weighted by Crippen LogP contribution is 2.38. The first-order valence-corrected chi connectivity index (χ1v) is 8.23. The summed E-state index contributed by atoms with van der Waals surface area (Å²) >= 11 is 4.39. The van der Waals surface area contributed by atoms with Crippen molar-refractivity contribution in [2.75, 3.05) is 5.32 Å². The van der Waals surface area contributed by atoms with Gasteiger partial charge in [0, 0.05) is 10.6 Å². The molecule has 0 amide bonds. The van der Waals surface area contributed by atoms with Crippen LogP contribution in [0, 0.1) is 9.81 Å². The SMILES string of the molecule is Cc1cccc(NC2CCCc3sc(I)cc32)c1. The molecule has 0 radical (unpaired) electrons. The topological polar surface area (TPSA) is 12.0 Å². The van der Waals surface area contributed by atoms with E-state index in [0.717, 1.165) is 0 Å². The molecule has 3 rings (SSSR count). The van der Waals surface area contributed by atoms with Gasteiger partial charge < -0.3 is 5.32 Å². The summed E-state index contributed by atoms with van der Waals surface area (Å²) in [4.78, 5) is 1.58. The highest BCUT2D eigenvalue weighted by Gasteiger charge is 2.22. The van der Waals surface area contributed by atoms with Crippen molar-refractivity contribution in [1.29, 1.82) is 0 Å². The van der Waals surface area contributed by atoms with E-state index < -0.39 is 0 Å². The average Bonchev–Trinajstić information content (AvgIpc) is 2.71. The van der Waals surface area contributed by atoms with Crippen LogP contribution in [0.5, 0.6) is 0 Å². The quantitative estimate of drug-likeness (QED) is 0.722. The van der Waals surface area contributed by atoms with Gasteiger partial charge in [0.15, 0.2) is 0 Å². The second-order valence-electron chi connectivity index (χ2n) is 4.89. The van der Waals surface area contributed by atoms with Gasteiger partial charge >= 0.3 is 0 Å². The lowest BCUT2D eigenvalue weighted by molar-refractivity contribution is 0.609. The van der Waals surface area contributed by atoms with Gasteiger partial charge in [0.1, 0.15) is 0 Å². The minimum absolute atomic E-state index is 0.496. The van der Waals surface area contributed by atoms with Crippen molar-refractivity contribution in [3.8, 4) is 0 Å². The van der Waals surface area contributed by atoms with Gasteiger partial charge in [0.05, 0.1) is 8.93 Å². The van der Waals surface area contributed by atoms with E-state index in [4.69, 9.17) is 0 Å². The molecule has 0 bridgehead atoms. The van der Waals surface area contributed by atoms with Gasteiger partial charge in [0.25, 0.3) is 0 Å². The molecule has 2 aromatic rings.